The van der Waals surface area contributed by atoms with Gasteiger partial charge >= 0.3 is 0 Å². The van der Waals surface area contributed by atoms with E-state index in [1.165, 1.54) is 11.1 Å². The standard InChI is InChI=1S/C18H23N3/c1-12-13(2)16(4)15(12,3)17(5)18(16,6)21(20-19-17)14-10-8-7-9-11-14/h7-11H,1-6H3/t15-,16+,17+,18+/m0/s1. The van der Waals surface area contributed by atoms with Gasteiger partial charge in [-0.2, -0.15) is 5.11 Å². The van der Waals surface area contributed by atoms with Crippen molar-refractivity contribution in [3.63, 3.8) is 0 Å². The van der Waals surface area contributed by atoms with Crippen LogP contribution in [0.4, 0.5) is 5.69 Å². The molecule has 2 aliphatic carbocycles. The number of benzene rings is 1. The smallest absolute Gasteiger partial charge is 0.117 e. The van der Waals surface area contributed by atoms with E-state index in [9.17, 15) is 0 Å². The molecule has 1 aliphatic heterocycles. The first-order valence-electron chi connectivity index (χ1n) is 7.73. The van der Waals surface area contributed by atoms with E-state index in [0.717, 1.165) is 5.69 Å². The Morgan fingerprint density at radius 3 is 2.05 bits per heavy atom. The van der Waals surface area contributed by atoms with Crippen LogP contribution in [-0.4, -0.2) is 11.1 Å². The second kappa shape index (κ2) is 3.23. The van der Waals surface area contributed by atoms with Gasteiger partial charge in [0.15, 0.2) is 0 Å². The molecular weight excluding hydrogens is 258 g/mol. The Hall–Kier alpha value is -1.64. The molecule has 1 heterocycles. The van der Waals surface area contributed by atoms with Crippen molar-refractivity contribution in [1.29, 1.82) is 0 Å². The first-order valence-corrected chi connectivity index (χ1v) is 7.73. The Kier molecular flexibility index (Phi) is 2.01. The van der Waals surface area contributed by atoms with Crippen molar-refractivity contribution in [3.8, 4) is 0 Å². The fraction of sp³-hybridized carbons (Fsp3) is 0.556. The summed E-state index contributed by atoms with van der Waals surface area (Å²) in [5.74, 6) is 0. The minimum absolute atomic E-state index is 0.0975. The lowest BCUT2D eigenvalue weighted by Crippen LogP contribution is -2.89. The van der Waals surface area contributed by atoms with Crippen molar-refractivity contribution in [1.82, 2.24) is 0 Å². The number of anilines is 1. The van der Waals surface area contributed by atoms with Gasteiger partial charge in [-0.05, 0) is 39.8 Å². The molecular formula is C18H23N3. The second-order valence-electron chi connectivity index (χ2n) is 7.48. The lowest BCUT2D eigenvalue weighted by Gasteiger charge is -2.81. The van der Waals surface area contributed by atoms with Crippen LogP contribution in [0.1, 0.15) is 41.5 Å². The molecule has 21 heavy (non-hydrogen) atoms. The summed E-state index contributed by atoms with van der Waals surface area (Å²) in [4.78, 5) is 0. The highest BCUT2D eigenvalue weighted by Gasteiger charge is 2.89. The van der Waals surface area contributed by atoms with E-state index in [1.54, 1.807) is 0 Å². The van der Waals surface area contributed by atoms with Gasteiger partial charge in [0.25, 0.3) is 0 Å². The SMILES string of the molecule is CC1=C(C)[C@]2(C)[C@@]1(C)[C@@]1(C)N=NN(c3ccccc3)[C@@]12C. The molecule has 1 saturated carbocycles. The first-order chi connectivity index (χ1) is 9.77. The summed E-state index contributed by atoms with van der Waals surface area (Å²) in [6, 6.07) is 10.4. The van der Waals surface area contributed by atoms with Crippen LogP contribution >= 0.6 is 0 Å². The Morgan fingerprint density at radius 1 is 0.857 bits per heavy atom. The predicted octanol–water partition coefficient (Wildman–Crippen LogP) is 4.77. The largest absolute Gasteiger partial charge is 0.238 e. The summed E-state index contributed by atoms with van der Waals surface area (Å²) in [5, 5.41) is 11.5. The van der Waals surface area contributed by atoms with Gasteiger partial charge in [-0.3, -0.25) is 0 Å². The van der Waals surface area contributed by atoms with E-state index in [0.29, 0.717) is 0 Å². The lowest BCUT2D eigenvalue weighted by molar-refractivity contribution is -0.180. The third-order valence-corrected chi connectivity index (χ3v) is 7.72. The van der Waals surface area contributed by atoms with E-state index >= 15 is 0 Å². The van der Waals surface area contributed by atoms with Crippen LogP contribution in [0, 0.1) is 10.8 Å². The summed E-state index contributed by atoms with van der Waals surface area (Å²) in [7, 11) is 0. The Morgan fingerprint density at radius 2 is 1.43 bits per heavy atom. The molecule has 1 fully saturated rings. The monoisotopic (exact) mass is 281 g/mol. The average molecular weight is 281 g/mol. The molecule has 3 aliphatic rings. The Labute approximate surface area is 126 Å². The van der Waals surface area contributed by atoms with Crippen LogP contribution in [0.5, 0.6) is 0 Å². The average Bonchev–Trinajstić information content (AvgIpc) is 2.77. The third kappa shape index (κ3) is 0.889. The Balaban J connectivity index is 1.92. The molecule has 4 atom stereocenters. The molecule has 0 spiro atoms. The number of fused-ring (bicyclic) bond motifs is 4. The van der Waals surface area contributed by atoms with Crippen LogP contribution in [0.15, 0.2) is 51.8 Å². The lowest BCUT2D eigenvalue weighted by atomic mass is 9.23. The molecule has 1 aromatic rings. The molecule has 0 aromatic heterocycles. The molecule has 4 rings (SSSR count). The molecule has 3 nitrogen and oxygen atoms in total. The number of hydrogen-bond acceptors (Lipinski definition) is 3. The first kappa shape index (κ1) is 13.1. The molecule has 0 unspecified atom stereocenters. The normalized spacial score (nSPS) is 46.9. The zero-order valence-corrected chi connectivity index (χ0v) is 13.7. The molecule has 3 heteroatoms. The predicted molar refractivity (Wildman–Crippen MR) is 85.2 cm³/mol. The van der Waals surface area contributed by atoms with E-state index in [4.69, 9.17) is 5.11 Å². The summed E-state index contributed by atoms with van der Waals surface area (Å²) in [6.07, 6.45) is 0. The highest BCUT2D eigenvalue weighted by molar-refractivity contribution is 5.66. The fourth-order valence-electron chi connectivity index (χ4n) is 5.77. The molecule has 0 N–H and O–H groups in total. The van der Waals surface area contributed by atoms with E-state index in [-0.39, 0.29) is 21.9 Å². The van der Waals surface area contributed by atoms with Crippen LogP contribution in [0.3, 0.4) is 0 Å². The molecule has 1 aromatic carbocycles. The van der Waals surface area contributed by atoms with Crippen molar-refractivity contribution >= 4 is 5.69 Å². The number of nitrogens with zero attached hydrogens (tertiary/aromatic N) is 3. The molecule has 0 bridgehead atoms. The van der Waals surface area contributed by atoms with Crippen molar-refractivity contribution < 1.29 is 0 Å². The van der Waals surface area contributed by atoms with Crippen molar-refractivity contribution in [3.05, 3.63) is 41.5 Å². The number of hydrogen-bond donors (Lipinski definition) is 0. The summed E-state index contributed by atoms with van der Waals surface area (Å²) >= 11 is 0. The minimum atomic E-state index is -0.159. The van der Waals surface area contributed by atoms with Crippen LogP contribution in [0.25, 0.3) is 0 Å². The van der Waals surface area contributed by atoms with Crippen LogP contribution < -0.4 is 5.01 Å². The van der Waals surface area contributed by atoms with Crippen LogP contribution in [-0.2, 0) is 0 Å². The zero-order valence-electron chi connectivity index (χ0n) is 13.7. The summed E-state index contributed by atoms with van der Waals surface area (Å²) < 4.78 is 0. The molecule has 110 valence electrons. The van der Waals surface area contributed by atoms with Gasteiger partial charge in [0.1, 0.15) is 5.54 Å². The van der Waals surface area contributed by atoms with E-state index in [2.05, 4.69) is 76.0 Å². The highest BCUT2D eigenvalue weighted by atomic mass is 15.7. The van der Waals surface area contributed by atoms with Gasteiger partial charge < -0.3 is 0 Å². The van der Waals surface area contributed by atoms with Gasteiger partial charge in [0.05, 0.1) is 11.2 Å². The maximum absolute atomic E-state index is 4.77. The maximum Gasteiger partial charge on any atom is 0.117 e. The van der Waals surface area contributed by atoms with Gasteiger partial charge in [-0.25, -0.2) is 5.01 Å². The fourth-order valence-corrected chi connectivity index (χ4v) is 5.77. The summed E-state index contributed by atoms with van der Waals surface area (Å²) in [6.45, 7) is 13.9. The maximum atomic E-state index is 4.77. The zero-order chi connectivity index (χ0) is 15.3. The van der Waals surface area contributed by atoms with E-state index in [1.807, 2.05) is 6.07 Å². The third-order valence-electron chi connectivity index (χ3n) is 7.72. The van der Waals surface area contributed by atoms with Crippen LogP contribution in [0.2, 0.25) is 0 Å². The van der Waals surface area contributed by atoms with Gasteiger partial charge in [-0.1, -0.05) is 48.4 Å². The minimum Gasteiger partial charge on any atom is -0.238 e. The summed E-state index contributed by atoms with van der Waals surface area (Å²) in [5.41, 5.74) is 4.13. The van der Waals surface area contributed by atoms with Gasteiger partial charge in [0.2, 0.25) is 0 Å². The Bertz CT molecular complexity index is 706. The van der Waals surface area contributed by atoms with Crippen molar-refractivity contribution in [2.45, 2.75) is 52.6 Å². The molecule has 0 saturated heterocycles. The topological polar surface area (TPSA) is 28.0 Å². The van der Waals surface area contributed by atoms with E-state index < -0.39 is 0 Å². The van der Waals surface area contributed by atoms with Crippen molar-refractivity contribution in [2.75, 3.05) is 5.01 Å². The second-order valence-corrected chi connectivity index (χ2v) is 7.48. The number of para-hydroxylation sites is 1. The quantitative estimate of drug-likeness (QED) is 0.682. The molecule has 0 radical (unpaired) electrons. The van der Waals surface area contributed by atoms with Gasteiger partial charge in [0, 0.05) is 10.8 Å². The van der Waals surface area contributed by atoms with Gasteiger partial charge in [-0.15, -0.1) is 0 Å². The number of rotatable bonds is 1. The highest BCUT2D eigenvalue weighted by Crippen LogP contribution is 2.84. The molecule has 0 amide bonds. The van der Waals surface area contributed by atoms with Crippen molar-refractivity contribution in [2.24, 2.45) is 21.2 Å².